The second kappa shape index (κ2) is 12.1. The van der Waals surface area contributed by atoms with Gasteiger partial charge in [0.1, 0.15) is 12.1 Å². The van der Waals surface area contributed by atoms with Crippen molar-refractivity contribution < 1.29 is 34.2 Å². The highest BCUT2D eigenvalue weighted by atomic mass is 16.4. The van der Waals surface area contributed by atoms with Crippen molar-refractivity contribution in [1.29, 1.82) is 0 Å². The van der Waals surface area contributed by atoms with Crippen LogP contribution in [0.4, 0.5) is 0 Å². The van der Waals surface area contributed by atoms with Gasteiger partial charge in [-0.25, -0.2) is 4.79 Å². The number of amides is 3. The Morgan fingerprint density at radius 2 is 1.50 bits per heavy atom. The number of nitrogens with two attached hydrogens (primary N) is 1. The van der Waals surface area contributed by atoms with Crippen LogP contribution < -0.4 is 11.1 Å². The highest BCUT2D eigenvalue weighted by molar-refractivity contribution is 5.93. The number of carbonyl (C=O) groups excluding carboxylic acids is 3. The Hall–Kier alpha value is -2.69. The van der Waals surface area contributed by atoms with Gasteiger partial charge in [-0.05, 0) is 18.3 Å². The van der Waals surface area contributed by atoms with E-state index in [1.54, 1.807) is 13.8 Å². The van der Waals surface area contributed by atoms with E-state index in [1.807, 2.05) is 13.8 Å². The Morgan fingerprint density at radius 1 is 0.967 bits per heavy atom. The lowest BCUT2D eigenvalue weighted by molar-refractivity contribution is -0.157. The molecule has 5 N–H and O–H groups in total. The molecule has 11 nitrogen and oxygen atoms in total. The summed E-state index contributed by atoms with van der Waals surface area (Å²) in [6.45, 7) is 6.79. The molecule has 0 saturated carbocycles. The molecule has 0 aliphatic carbocycles. The predicted molar refractivity (Wildman–Crippen MR) is 108 cm³/mol. The minimum atomic E-state index is -1.58. The van der Waals surface area contributed by atoms with Crippen LogP contribution in [0.3, 0.4) is 0 Å². The van der Waals surface area contributed by atoms with Gasteiger partial charge in [0.15, 0.2) is 0 Å². The lowest BCUT2D eigenvalue weighted by Crippen LogP contribution is -2.56. The molecule has 0 rings (SSSR count). The highest BCUT2D eigenvalue weighted by Gasteiger charge is 2.37. The van der Waals surface area contributed by atoms with E-state index in [2.05, 4.69) is 5.32 Å². The second-order valence-corrected chi connectivity index (χ2v) is 8.05. The van der Waals surface area contributed by atoms with E-state index in [1.165, 1.54) is 14.1 Å². The van der Waals surface area contributed by atoms with Gasteiger partial charge in [-0.1, -0.05) is 27.7 Å². The summed E-state index contributed by atoms with van der Waals surface area (Å²) in [5, 5.41) is 20.6. The number of likely N-dealkylation sites (N-methyl/N-ethyl adjacent to an activating group) is 2. The maximum Gasteiger partial charge on any atom is 0.327 e. The maximum absolute atomic E-state index is 12.9. The summed E-state index contributed by atoms with van der Waals surface area (Å²) in [4.78, 5) is 61.7. The number of carboxylic acid groups (broad SMARTS) is 2. The normalized spacial score (nSPS) is 14.0. The van der Waals surface area contributed by atoms with Gasteiger partial charge in [-0.2, -0.15) is 0 Å². The predicted octanol–water partition coefficient (Wildman–Crippen LogP) is -0.655. The zero-order chi connectivity index (χ0) is 23.8. The molecule has 0 aromatic carbocycles. The molecule has 0 fully saturated rings. The number of carbonyl (C=O) groups is 5. The second-order valence-electron chi connectivity index (χ2n) is 8.05. The number of aliphatic carboxylic acids is 2. The van der Waals surface area contributed by atoms with E-state index in [0.29, 0.717) is 6.42 Å². The molecule has 0 radical (unpaired) electrons. The van der Waals surface area contributed by atoms with Crippen LogP contribution in [-0.4, -0.2) is 88.4 Å². The van der Waals surface area contributed by atoms with E-state index in [0.717, 1.165) is 9.80 Å². The van der Waals surface area contributed by atoms with E-state index in [-0.39, 0.29) is 12.5 Å². The van der Waals surface area contributed by atoms with Crippen molar-refractivity contribution in [3.8, 4) is 0 Å². The average Bonchev–Trinajstić information content (AvgIpc) is 2.61. The molecule has 0 heterocycles. The number of nitrogens with zero attached hydrogens (tertiary/aromatic N) is 2. The fourth-order valence-electron chi connectivity index (χ4n) is 3.00. The Bertz CT molecular complexity index is 651. The molecule has 0 saturated heterocycles. The molecule has 3 atom stereocenters. The summed E-state index contributed by atoms with van der Waals surface area (Å²) in [6, 6.07) is -3.38. The van der Waals surface area contributed by atoms with Crippen molar-refractivity contribution in [1.82, 2.24) is 15.1 Å². The number of rotatable bonds is 12. The minimum Gasteiger partial charge on any atom is -0.481 e. The molecule has 172 valence electrons. The topological polar surface area (TPSA) is 170 Å². The van der Waals surface area contributed by atoms with Crippen LogP contribution in [0, 0.1) is 11.8 Å². The average molecular weight is 431 g/mol. The van der Waals surface area contributed by atoms with E-state index in [4.69, 9.17) is 10.8 Å². The molecular weight excluding hydrogens is 396 g/mol. The van der Waals surface area contributed by atoms with Crippen molar-refractivity contribution in [2.45, 2.75) is 58.7 Å². The zero-order valence-corrected chi connectivity index (χ0v) is 18.4. The lowest BCUT2D eigenvalue weighted by Gasteiger charge is -2.35. The monoisotopic (exact) mass is 430 g/mol. The first-order chi connectivity index (χ1) is 13.7. The molecule has 0 bridgehead atoms. The van der Waals surface area contributed by atoms with Crippen molar-refractivity contribution in [3.05, 3.63) is 0 Å². The zero-order valence-electron chi connectivity index (χ0n) is 18.4. The maximum atomic E-state index is 12.9. The number of hydrogen-bond acceptors (Lipinski definition) is 6. The summed E-state index contributed by atoms with van der Waals surface area (Å²) in [6.07, 6.45) is -0.322. The first-order valence-corrected chi connectivity index (χ1v) is 9.70. The summed E-state index contributed by atoms with van der Waals surface area (Å²) >= 11 is 0. The number of hydrogen-bond donors (Lipinski definition) is 4. The van der Waals surface area contributed by atoms with Gasteiger partial charge in [-0.15, -0.1) is 0 Å². The van der Waals surface area contributed by atoms with Crippen LogP contribution >= 0.6 is 0 Å². The van der Waals surface area contributed by atoms with Crippen LogP contribution in [0.1, 0.15) is 40.5 Å². The Balaban J connectivity index is 5.28. The molecule has 0 unspecified atom stereocenters. The lowest BCUT2D eigenvalue weighted by atomic mass is 10.00. The molecule has 0 aliphatic rings. The van der Waals surface area contributed by atoms with Crippen LogP contribution in [-0.2, 0) is 24.0 Å². The highest BCUT2D eigenvalue weighted by Crippen LogP contribution is 2.15. The van der Waals surface area contributed by atoms with Crippen LogP contribution in [0.5, 0.6) is 0 Å². The Kier molecular flexibility index (Phi) is 11.0. The quantitative estimate of drug-likeness (QED) is 0.316. The molecule has 3 amide bonds. The molecule has 0 spiro atoms. The van der Waals surface area contributed by atoms with E-state index in [9.17, 15) is 29.1 Å². The van der Waals surface area contributed by atoms with Crippen molar-refractivity contribution in [3.63, 3.8) is 0 Å². The van der Waals surface area contributed by atoms with Gasteiger partial charge in [0, 0.05) is 14.1 Å². The molecular formula is C19H34N4O7. The Labute approximate surface area is 176 Å². The minimum absolute atomic E-state index is 0.204. The van der Waals surface area contributed by atoms with Crippen molar-refractivity contribution >= 4 is 29.7 Å². The summed E-state index contributed by atoms with van der Waals surface area (Å²) < 4.78 is 0. The third-order valence-electron chi connectivity index (χ3n) is 4.64. The molecule has 11 heteroatoms. The summed E-state index contributed by atoms with van der Waals surface area (Å²) in [7, 11) is 2.55. The van der Waals surface area contributed by atoms with Gasteiger partial charge in [0.25, 0.3) is 0 Å². The third-order valence-corrected chi connectivity index (χ3v) is 4.64. The van der Waals surface area contributed by atoms with Gasteiger partial charge >= 0.3 is 11.9 Å². The molecule has 0 aromatic heterocycles. The summed E-state index contributed by atoms with van der Waals surface area (Å²) in [5.74, 6) is -4.78. The molecule has 0 aromatic rings. The van der Waals surface area contributed by atoms with Gasteiger partial charge in [0.2, 0.25) is 17.7 Å². The largest absolute Gasteiger partial charge is 0.481 e. The van der Waals surface area contributed by atoms with Crippen LogP contribution in [0.2, 0.25) is 0 Å². The molecule has 30 heavy (non-hydrogen) atoms. The van der Waals surface area contributed by atoms with Crippen LogP contribution in [0.15, 0.2) is 0 Å². The summed E-state index contributed by atoms with van der Waals surface area (Å²) in [5.41, 5.74) is 5.78. The number of carboxylic acids is 2. The SMILES string of the molecule is CC(C)C[C@H](N)C(=O)NCC(=O)N(C)[C@H](C(=O)N(C)[C@@H](CC(=O)O)C(=O)O)C(C)C. The van der Waals surface area contributed by atoms with Crippen molar-refractivity contribution in [2.24, 2.45) is 17.6 Å². The first-order valence-electron chi connectivity index (χ1n) is 9.70. The van der Waals surface area contributed by atoms with Crippen LogP contribution in [0.25, 0.3) is 0 Å². The Morgan fingerprint density at radius 3 is 1.90 bits per heavy atom. The van der Waals surface area contributed by atoms with E-state index < -0.39 is 60.1 Å². The third kappa shape index (κ3) is 8.36. The molecule has 0 aliphatic heterocycles. The van der Waals surface area contributed by atoms with Gasteiger partial charge in [0.05, 0.1) is 19.0 Å². The first kappa shape index (κ1) is 27.3. The number of nitrogens with one attached hydrogen (secondary N) is 1. The fraction of sp³-hybridized carbons (Fsp3) is 0.737. The van der Waals surface area contributed by atoms with Gasteiger partial charge < -0.3 is 31.1 Å². The fourth-order valence-corrected chi connectivity index (χ4v) is 3.00. The van der Waals surface area contributed by atoms with Crippen molar-refractivity contribution in [2.75, 3.05) is 20.6 Å². The standard InChI is InChI=1S/C19H34N4O7/c1-10(2)7-12(20)17(27)21-9-14(24)23(6)16(11(3)4)18(28)22(5)13(19(29)30)8-15(25)26/h10-13,16H,7-9,20H2,1-6H3,(H,21,27)(H,25,26)(H,29,30)/t12-,13-,16-/m0/s1. The van der Waals surface area contributed by atoms with E-state index >= 15 is 0 Å². The van der Waals surface area contributed by atoms with Gasteiger partial charge in [-0.3, -0.25) is 19.2 Å². The smallest absolute Gasteiger partial charge is 0.327 e.